The first-order valence-electron chi connectivity index (χ1n) is 11.1. The molecule has 3 N–H and O–H groups in total. The van der Waals surface area contributed by atoms with Crippen LogP contribution in [0.15, 0.2) is 0 Å². The summed E-state index contributed by atoms with van der Waals surface area (Å²) in [5.74, 6) is -2.24. The summed E-state index contributed by atoms with van der Waals surface area (Å²) in [7, 11) is 3.37. The Balaban J connectivity index is 3.53. The molecule has 0 radical (unpaired) electrons. The molecule has 12 nitrogen and oxygen atoms in total. The van der Waals surface area contributed by atoms with E-state index in [4.69, 9.17) is 33.5 Å². The van der Waals surface area contributed by atoms with Gasteiger partial charge in [-0.15, -0.1) is 0 Å². The van der Waals surface area contributed by atoms with Crippen LogP contribution in [0.3, 0.4) is 0 Å². The Morgan fingerprint density at radius 2 is 1.33 bits per heavy atom. The van der Waals surface area contributed by atoms with Crippen LogP contribution in [0.25, 0.3) is 0 Å². The molecule has 1 atom stereocenters. The Labute approximate surface area is 195 Å². The molecule has 0 unspecified atom stereocenters. The number of carboxylic acid groups (broad SMARTS) is 1. The third-order valence-corrected chi connectivity index (χ3v) is 4.11. The van der Waals surface area contributed by atoms with E-state index in [0.29, 0.717) is 79.0 Å². The first kappa shape index (κ1) is 31.2. The molecule has 0 saturated carbocycles. The fourth-order valence-electron chi connectivity index (χ4n) is 2.39. The monoisotopic (exact) mass is 480 g/mol. The molecule has 0 aromatic rings. The second-order valence-electron chi connectivity index (χ2n) is 6.85. The number of carboxylic acids is 1. The predicted octanol–water partition coefficient (Wildman–Crippen LogP) is -0.408. The van der Waals surface area contributed by atoms with Crippen LogP contribution in [-0.4, -0.2) is 116 Å². The molecule has 0 aliphatic rings. The van der Waals surface area contributed by atoms with Crippen molar-refractivity contribution < 1.29 is 47.9 Å². The molecular weight excluding hydrogens is 440 g/mol. The van der Waals surface area contributed by atoms with E-state index in [0.717, 1.165) is 0 Å². The van der Waals surface area contributed by atoms with Gasteiger partial charge in [0, 0.05) is 20.1 Å². The highest BCUT2D eigenvalue weighted by molar-refractivity contribution is 5.82. The molecule has 0 rings (SSSR count). The van der Waals surface area contributed by atoms with Gasteiger partial charge in [-0.25, -0.2) is 4.79 Å². The smallest absolute Gasteiger partial charge is 0.345 e. The fourth-order valence-corrected chi connectivity index (χ4v) is 2.39. The van der Waals surface area contributed by atoms with E-state index in [1.54, 1.807) is 14.2 Å². The number of esters is 1. The second-order valence-corrected chi connectivity index (χ2v) is 6.85. The van der Waals surface area contributed by atoms with Gasteiger partial charge >= 0.3 is 11.9 Å². The minimum Gasteiger partial charge on any atom is -0.479 e. The van der Waals surface area contributed by atoms with Gasteiger partial charge in [0.2, 0.25) is 5.91 Å². The normalized spacial score (nSPS) is 11.8. The summed E-state index contributed by atoms with van der Waals surface area (Å²) in [6, 6.07) is 0. The summed E-state index contributed by atoms with van der Waals surface area (Å²) in [5, 5.41) is 14.6. The number of hydrogen-bond donors (Lipinski definition) is 3. The zero-order chi connectivity index (χ0) is 24.6. The van der Waals surface area contributed by atoms with Gasteiger partial charge in [0.25, 0.3) is 0 Å². The predicted molar refractivity (Wildman–Crippen MR) is 118 cm³/mol. The largest absolute Gasteiger partial charge is 0.479 e. The van der Waals surface area contributed by atoms with Crippen molar-refractivity contribution in [2.45, 2.75) is 31.8 Å². The lowest BCUT2D eigenvalue weighted by molar-refractivity contribution is -0.164. The van der Waals surface area contributed by atoms with Crippen molar-refractivity contribution in [3.05, 3.63) is 0 Å². The van der Waals surface area contributed by atoms with Crippen molar-refractivity contribution in [1.82, 2.24) is 10.6 Å². The number of amides is 1. The minimum absolute atomic E-state index is 0.0811. The summed E-state index contributed by atoms with van der Waals surface area (Å²) in [6.45, 7) is 5.05. The summed E-state index contributed by atoms with van der Waals surface area (Å²) < 4.78 is 31.1. The summed E-state index contributed by atoms with van der Waals surface area (Å²) in [6.07, 6.45) is -0.687. The van der Waals surface area contributed by atoms with E-state index in [1.165, 1.54) is 0 Å². The zero-order valence-electron chi connectivity index (χ0n) is 19.8. The van der Waals surface area contributed by atoms with Crippen molar-refractivity contribution in [3.8, 4) is 0 Å². The lowest BCUT2D eigenvalue weighted by Crippen LogP contribution is -2.30. The molecule has 33 heavy (non-hydrogen) atoms. The van der Waals surface area contributed by atoms with Crippen molar-refractivity contribution in [1.29, 1.82) is 0 Å². The van der Waals surface area contributed by atoms with Crippen LogP contribution >= 0.6 is 0 Å². The molecule has 0 fully saturated rings. The van der Waals surface area contributed by atoms with Crippen molar-refractivity contribution >= 4 is 17.8 Å². The third-order valence-electron chi connectivity index (χ3n) is 4.11. The Morgan fingerprint density at radius 3 is 1.85 bits per heavy atom. The molecule has 0 aromatic carbocycles. The molecular formula is C21H40N2O10. The quantitative estimate of drug-likeness (QED) is 0.122. The summed E-state index contributed by atoms with van der Waals surface area (Å²) >= 11 is 0. The highest BCUT2D eigenvalue weighted by atomic mass is 16.6. The van der Waals surface area contributed by atoms with Crippen LogP contribution in [0.1, 0.15) is 25.7 Å². The Bertz CT molecular complexity index is 507. The van der Waals surface area contributed by atoms with E-state index < -0.39 is 18.0 Å². The van der Waals surface area contributed by atoms with Crippen molar-refractivity contribution in [2.75, 3.05) is 86.7 Å². The van der Waals surface area contributed by atoms with Gasteiger partial charge < -0.3 is 44.2 Å². The molecule has 0 spiro atoms. The molecule has 0 bridgehead atoms. The van der Waals surface area contributed by atoms with Crippen LogP contribution in [-0.2, 0) is 42.8 Å². The average Bonchev–Trinajstić information content (AvgIpc) is 2.79. The number of ether oxygens (including phenoxy) is 6. The van der Waals surface area contributed by atoms with Gasteiger partial charge in [-0.3, -0.25) is 9.59 Å². The number of methoxy groups -OCH3 is 1. The van der Waals surface area contributed by atoms with Gasteiger partial charge in [-0.2, -0.15) is 0 Å². The number of aliphatic carboxylic acids is 1. The number of carbonyl (C=O) groups is 3. The minimum atomic E-state index is -1.20. The van der Waals surface area contributed by atoms with E-state index in [1.807, 2.05) is 0 Å². The van der Waals surface area contributed by atoms with Gasteiger partial charge in [-0.05, 0) is 26.4 Å². The zero-order valence-corrected chi connectivity index (χ0v) is 19.8. The molecule has 0 aliphatic carbocycles. The fraction of sp³-hybridized carbons (Fsp3) is 0.857. The molecule has 0 saturated heterocycles. The Morgan fingerprint density at radius 1 is 0.788 bits per heavy atom. The van der Waals surface area contributed by atoms with Gasteiger partial charge in [0.15, 0.2) is 6.10 Å². The number of hydrogen-bond acceptors (Lipinski definition) is 10. The Kier molecular flexibility index (Phi) is 22.0. The summed E-state index contributed by atoms with van der Waals surface area (Å²) in [4.78, 5) is 34.6. The Hall–Kier alpha value is -1.83. The standard InChI is InChI=1S/C21H40N2O10/c1-22-7-3-4-18(21(26)27)33-20(25)6-5-19(24)23-8-9-29-12-13-31-16-17-32-15-14-30-11-10-28-2/h18,22H,3-17H2,1-2H3,(H,23,24)(H,26,27)/t18-/m0/s1. The maximum absolute atomic E-state index is 11.8. The molecule has 0 aromatic heterocycles. The van der Waals surface area contributed by atoms with Gasteiger partial charge in [0.05, 0.1) is 65.9 Å². The highest BCUT2D eigenvalue weighted by Crippen LogP contribution is 2.05. The van der Waals surface area contributed by atoms with Crippen molar-refractivity contribution in [3.63, 3.8) is 0 Å². The topological polar surface area (TPSA) is 151 Å². The molecule has 0 heterocycles. The van der Waals surface area contributed by atoms with Crippen LogP contribution in [0.2, 0.25) is 0 Å². The van der Waals surface area contributed by atoms with E-state index in [9.17, 15) is 14.4 Å². The van der Waals surface area contributed by atoms with Gasteiger partial charge in [0.1, 0.15) is 0 Å². The average molecular weight is 481 g/mol. The number of carbonyl (C=O) groups excluding carboxylic acids is 2. The molecule has 12 heteroatoms. The lowest BCUT2D eigenvalue weighted by atomic mass is 10.2. The maximum atomic E-state index is 11.8. The van der Waals surface area contributed by atoms with E-state index in [2.05, 4.69) is 10.6 Å². The van der Waals surface area contributed by atoms with Crippen molar-refractivity contribution in [2.24, 2.45) is 0 Å². The van der Waals surface area contributed by atoms with Crippen LogP contribution < -0.4 is 10.6 Å². The molecule has 0 aliphatic heterocycles. The SMILES string of the molecule is CNCCC[C@H](OC(=O)CCC(=O)NCCOCCOCCOCCOCCOC)C(=O)O. The van der Waals surface area contributed by atoms with Crippen LogP contribution in [0, 0.1) is 0 Å². The van der Waals surface area contributed by atoms with E-state index in [-0.39, 0.29) is 25.2 Å². The van der Waals surface area contributed by atoms with Gasteiger partial charge in [-0.1, -0.05) is 0 Å². The highest BCUT2D eigenvalue weighted by Gasteiger charge is 2.21. The molecule has 194 valence electrons. The maximum Gasteiger partial charge on any atom is 0.345 e. The van der Waals surface area contributed by atoms with Crippen LogP contribution in [0.4, 0.5) is 0 Å². The summed E-state index contributed by atoms with van der Waals surface area (Å²) in [5.41, 5.74) is 0. The third kappa shape index (κ3) is 21.8. The van der Waals surface area contributed by atoms with Crippen LogP contribution in [0.5, 0.6) is 0 Å². The van der Waals surface area contributed by atoms with E-state index >= 15 is 0 Å². The lowest BCUT2D eigenvalue weighted by Gasteiger charge is -2.13. The first-order valence-corrected chi connectivity index (χ1v) is 11.1. The number of rotatable bonds is 24. The molecule has 1 amide bonds. The second kappa shape index (κ2) is 23.3. The number of nitrogens with one attached hydrogen (secondary N) is 2. The first-order chi connectivity index (χ1) is 16.0.